The lowest BCUT2D eigenvalue weighted by atomic mass is 10.2. The highest BCUT2D eigenvalue weighted by Gasteiger charge is 2.19. The second kappa shape index (κ2) is 9.50. The average Bonchev–Trinajstić information content (AvgIpc) is 3.20. The van der Waals surface area contributed by atoms with Crippen LogP contribution in [0.1, 0.15) is 31.7 Å². The number of aryl methyl sites for hydroxylation is 1. The summed E-state index contributed by atoms with van der Waals surface area (Å²) in [6.45, 7) is 4.15. The Morgan fingerprint density at radius 1 is 1.21 bits per heavy atom. The minimum Gasteiger partial charge on any atom is -0.481 e. The molecule has 0 saturated carbocycles. The van der Waals surface area contributed by atoms with Crippen molar-refractivity contribution in [3.05, 3.63) is 64.5 Å². The van der Waals surface area contributed by atoms with Crippen LogP contribution < -0.4 is 10.1 Å². The van der Waals surface area contributed by atoms with Crippen LogP contribution >= 0.6 is 15.9 Å². The van der Waals surface area contributed by atoms with Gasteiger partial charge in [-0.1, -0.05) is 59.2 Å². The molecular formula is C21H22BrN3O3. The molecule has 0 aliphatic heterocycles. The molecule has 0 fully saturated rings. The summed E-state index contributed by atoms with van der Waals surface area (Å²) >= 11 is 3.42. The van der Waals surface area contributed by atoms with E-state index in [-0.39, 0.29) is 12.5 Å². The van der Waals surface area contributed by atoms with Gasteiger partial charge in [-0.05, 0) is 42.7 Å². The van der Waals surface area contributed by atoms with Gasteiger partial charge in [0.2, 0.25) is 11.7 Å². The van der Waals surface area contributed by atoms with Gasteiger partial charge in [0.25, 0.3) is 5.91 Å². The Bertz CT molecular complexity index is 925. The molecule has 0 aliphatic rings. The summed E-state index contributed by atoms with van der Waals surface area (Å²) < 4.78 is 12.0. The number of benzene rings is 2. The largest absolute Gasteiger partial charge is 0.481 e. The first-order valence-electron chi connectivity index (χ1n) is 9.20. The van der Waals surface area contributed by atoms with Gasteiger partial charge in [-0.25, -0.2) is 0 Å². The standard InChI is InChI=1S/C21H22BrN3O3/c1-3-14-8-10-17(11-9-14)27-18(4-2)21(26)23-13-19-24-20(25-28-19)15-6-5-7-16(22)12-15/h5-12,18H,3-4,13H2,1-2H3,(H,23,26). The van der Waals surface area contributed by atoms with Gasteiger partial charge >= 0.3 is 0 Å². The molecule has 1 amide bonds. The van der Waals surface area contributed by atoms with Gasteiger partial charge in [0.15, 0.2) is 6.10 Å². The van der Waals surface area contributed by atoms with Crippen LogP contribution in [0.3, 0.4) is 0 Å². The van der Waals surface area contributed by atoms with Crippen molar-refractivity contribution in [3.63, 3.8) is 0 Å². The van der Waals surface area contributed by atoms with Crippen LogP contribution in [0.2, 0.25) is 0 Å². The van der Waals surface area contributed by atoms with Crippen molar-refractivity contribution in [2.45, 2.75) is 39.3 Å². The Balaban J connectivity index is 1.57. The van der Waals surface area contributed by atoms with Crippen LogP contribution in [-0.2, 0) is 17.8 Å². The lowest BCUT2D eigenvalue weighted by molar-refractivity contribution is -0.128. The predicted octanol–water partition coefficient (Wildman–Crippen LogP) is 4.54. The number of carbonyl (C=O) groups is 1. The lowest BCUT2D eigenvalue weighted by Gasteiger charge is -2.17. The number of halogens is 1. The molecule has 1 N–H and O–H groups in total. The highest BCUT2D eigenvalue weighted by molar-refractivity contribution is 9.10. The number of carbonyl (C=O) groups excluding carboxylic acids is 1. The fourth-order valence-electron chi connectivity index (χ4n) is 2.64. The average molecular weight is 444 g/mol. The molecule has 0 aliphatic carbocycles. The van der Waals surface area contributed by atoms with Crippen molar-refractivity contribution >= 4 is 21.8 Å². The highest BCUT2D eigenvalue weighted by Crippen LogP contribution is 2.20. The molecule has 7 heteroatoms. The summed E-state index contributed by atoms with van der Waals surface area (Å²) in [5, 5.41) is 6.76. The van der Waals surface area contributed by atoms with E-state index < -0.39 is 6.10 Å². The van der Waals surface area contributed by atoms with Gasteiger partial charge in [0.1, 0.15) is 5.75 Å². The summed E-state index contributed by atoms with van der Waals surface area (Å²) in [6.07, 6.45) is 0.929. The fraction of sp³-hybridized carbons (Fsp3) is 0.286. The van der Waals surface area contributed by atoms with Crippen molar-refractivity contribution in [2.75, 3.05) is 0 Å². The molecule has 0 bridgehead atoms. The number of ether oxygens (including phenoxy) is 1. The van der Waals surface area contributed by atoms with E-state index in [2.05, 4.69) is 38.3 Å². The first-order valence-corrected chi connectivity index (χ1v) is 10.00. The number of nitrogens with one attached hydrogen (secondary N) is 1. The first kappa shape index (κ1) is 20.1. The number of aromatic nitrogens is 2. The van der Waals surface area contributed by atoms with E-state index >= 15 is 0 Å². The normalized spacial score (nSPS) is 11.8. The van der Waals surface area contributed by atoms with Gasteiger partial charge < -0.3 is 14.6 Å². The Morgan fingerprint density at radius 2 is 2.00 bits per heavy atom. The van der Waals surface area contributed by atoms with E-state index in [1.807, 2.05) is 55.5 Å². The smallest absolute Gasteiger partial charge is 0.261 e. The van der Waals surface area contributed by atoms with Gasteiger partial charge in [0.05, 0.1) is 6.54 Å². The number of hydrogen-bond acceptors (Lipinski definition) is 5. The van der Waals surface area contributed by atoms with Crippen molar-refractivity contribution in [2.24, 2.45) is 0 Å². The molecule has 0 spiro atoms. The molecule has 6 nitrogen and oxygen atoms in total. The third kappa shape index (κ3) is 5.19. The first-order chi connectivity index (χ1) is 13.6. The second-order valence-electron chi connectivity index (χ2n) is 6.25. The molecule has 2 aromatic carbocycles. The van der Waals surface area contributed by atoms with Crippen molar-refractivity contribution < 1.29 is 14.1 Å². The van der Waals surface area contributed by atoms with E-state index in [9.17, 15) is 4.79 Å². The van der Waals surface area contributed by atoms with Crippen LogP contribution in [-0.4, -0.2) is 22.2 Å². The summed E-state index contributed by atoms with van der Waals surface area (Å²) in [6, 6.07) is 15.4. The maximum Gasteiger partial charge on any atom is 0.261 e. The lowest BCUT2D eigenvalue weighted by Crippen LogP contribution is -2.37. The van der Waals surface area contributed by atoms with Crippen molar-refractivity contribution in [3.8, 4) is 17.1 Å². The quantitative estimate of drug-likeness (QED) is 0.552. The third-order valence-corrected chi connectivity index (χ3v) is 4.73. The maximum atomic E-state index is 12.5. The van der Waals surface area contributed by atoms with E-state index in [1.54, 1.807) is 0 Å². The van der Waals surface area contributed by atoms with E-state index in [4.69, 9.17) is 9.26 Å². The predicted molar refractivity (Wildman–Crippen MR) is 110 cm³/mol. The second-order valence-corrected chi connectivity index (χ2v) is 7.17. The molecule has 1 unspecified atom stereocenters. The van der Waals surface area contributed by atoms with E-state index in [0.29, 0.717) is 23.9 Å². The maximum absolute atomic E-state index is 12.5. The number of nitrogens with zero attached hydrogens (tertiary/aromatic N) is 2. The summed E-state index contributed by atoms with van der Waals surface area (Å²) in [5.41, 5.74) is 2.06. The monoisotopic (exact) mass is 443 g/mol. The zero-order valence-corrected chi connectivity index (χ0v) is 17.4. The number of amides is 1. The van der Waals surface area contributed by atoms with Crippen LogP contribution in [0.4, 0.5) is 0 Å². The van der Waals surface area contributed by atoms with Crippen molar-refractivity contribution in [1.82, 2.24) is 15.5 Å². The summed E-state index contributed by atoms with van der Waals surface area (Å²) in [7, 11) is 0. The Kier molecular flexibility index (Phi) is 6.81. The summed E-state index contributed by atoms with van der Waals surface area (Å²) in [5.74, 6) is 1.27. The molecule has 0 radical (unpaired) electrons. The minimum absolute atomic E-state index is 0.147. The van der Waals surface area contributed by atoms with Gasteiger partial charge in [0, 0.05) is 10.0 Å². The van der Waals surface area contributed by atoms with Crippen molar-refractivity contribution in [1.29, 1.82) is 0 Å². The van der Waals surface area contributed by atoms with Gasteiger partial charge in [-0.3, -0.25) is 4.79 Å². The molecule has 28 heavy (non-hydrogen) atoms. The molecule has 1 atom stereocenters. The molecule has 146 valence electrons. The number of hydrogen-bond donors (Lipinski definition) is 1. The summed E-state index contributed by atoms with van der Waals surface area (Å²) in [4.78, 5) is 16.8. The molecule has 1 aromatic heterocycles. The zero-order chi connectivity index (χ0) is 19.9. The number of rotatable bonds is 8. The van der Waals surface area contributed by atoms with Crippen LogP contribution in [0.25, 0.3) is 11.4 Å². The Hall–Kier alpha value is -2.67. The van der Waals surface area contributed by atoms with Crippen LogP contribution in [0, 0.1) is 0 Å². The molecule has 1 heterocycles. The zero-order valence-electron chi connectivity index (χ0n) is 15.8. The van der Waals surface area contributed by atoms with E-state index in [1.165, 1.54) is 5.56 Å². The Morgan fingerprint density at radius 3 is 2.68 bits per heavy atom. The topological polar surface area (TPSA) is 77.2 Å². The van der Waals surface area contributed by atoms with Gasteiger partial charge in [-0.15, -0.1) is 0 Å². The van der Waals surface area contributed by atoms with Gasteiger partial charge in [-0.2, -0.15) is 4.98 Å². The molecule has 3 aromatic rings. The Labute approximate surface area is 172 Å². The fourth-order valence-corrected chi connectivity index (χ4v) is 3.04. The minimum atomic E-state index is -0.583. The highest BCUT2D eigenvalue weighted by atomic mass is 79.9. The molecule has 3 rings (SSSR count). The SMILES string of the molecule is CCc1ccc(OC(CC)C(=O)NCc2nc(-c3cccc(Br)c3)no2)cc1. The third-order valence-electron chi connectivity index (χ3n) is 4.24. The van der Waals surface area contributed by atoms with E-state index in [0.717, 1.165) is 16.5 Å². The molecular weight excluding hydrogens is 422 g/mol. The molecule has 0 saturated heterocycles. The van der Waals surface area contributed by atoms with Crippen LogP contribution in [0.5, 0.6) is 5.75 Å². The van der Waals surface area contributed by atoms with Crippen LogP contribution in [0.15, 0.2) is 57.5 Å².